The molecule has 1 amide bonds. The predicted molar refractivity (Wildman–Crippen MR) is 102 cm³/mol. The number of benzene rings is 2. The van der Waals surface area contributed by atoms with E-state index in [1.54, 1.807) is 24.3 Å². The van der Waals surface area contributed by atoms with Gasteiger partial charge < -0.3 is 9.15 Å². The summed E-state index contributed by atoms with van der Waals surface area (Å²) in [5.41, 5.74) is 1.77. The highest BCUT2D eigenvalue weighted by atomic mass is 35.5. The molecule has 0 atom stereocenters. The van der Waals surface area contributed by atoms with Crippen molar-refractivity contribution in [3.05, 3.63) is 77.0 Å². The van der Waals surface area contributed by atoms with Crippen molar-refractivity contribution in [2.24, 2.45) is 5.10 Å². The Morgan fingerprint density at radius 1 is 1.14 bits per heavy atom. The standard InChI is InChI=1S/C20H14ClF3N2O3/c21-15-4-6-16(7-5-15)28-12-19(27)26-25-11-17-8-9-18(29-17)13-2-1-3-14(10-13)20(22,23)24/h1-11H,12H2,(H,26,27)/b25-11+. The first kappa shape index (κ1) is 20.5. The Labute approximate surface area is 168 Å². The second-order valence-electron chi connectivity index (χ2n) is 5.82. The number of amides is 1. The zero-order valence-corrected chi connectivity index (χ0v) is 15.5. The Kier molecular flexibility index (Phi) is 6.23. The molecule has 9 heteroatoms. The van der Waals surface area contributed by atoms with Gasteiger partial charge >= 0.3 is 6.18 Å². The first-order valence-corrected chi connectivity index (χ1v) is 8.67. The highest BCUT2D eigenvalue weighted by molar-refractivity contribution is 6.30. The lowest BCUT2D eigenvalue weighted by molar-refractivity contribution is -0.137. The van der Waals surface area contributed by atoms with Gasteiger partial charge in [-0.2, -0.15) is 18.3 Å². The summed E-state index contributed by atoms with van der Waals surface area (Å²) in [5, 5.41) is 4.28. The third kappa shape index (κ3) is 5.86. The topological polar surface area (TPSA) is 63.8 Å². The summed E-state index contributed by atoms with van der Waals surface area (Å²) in [6.45, 7) is -0.257. The molecule has 5 nitrogen and oxygen atoms in total. The van der Waals surface area contributed by atoms with E-state index in [1.807, 2.05) is 0 Å². The average Bonchev–Trinajstić information content (AvgIpc) is 3.16. The molecule has 1 aromatic heterocycles. The minimum atomic E-state index is -4.44. The van der Waals surface area contributed by atoms with Gasteiger partial charge in [-0.1, -0.05) is 23.7 Å². The van der Waals surface area contributed by atoms with Gasteiger partial charge in [-0.25, -0.2) is 5.43 Å². The minimum absolute atomic E-state index is 0.245. The lowest BCUT2D eigenvalue weighted by Crippen LogP contribution is -2.24. The van der Waals surface area contributed by atoms with Gasteiger partial charge in [-0.3, -0.25) is 4.79 Å². The molecule has 0 fully saturated rings. The molecule has 0 spiro atoms. The molecule has 1 N–H and O–H groups in total. The van der Waals surface area contributed by atoms with Gasteiger partial charge in [0.05, 0.1) is 11.8 Å². The molecule has 29 heavy (non-hydrogen) atoms. The highest BCUT2D eigenvalue weighted by Crippen LogP contribution is 2.32. The molecule has 2 aromatic carbocycles. The second-order valence-corrected chi connectivity index (χ2v) is 6.25. The molecule has 0 aliphatic rings. The van der Waals surface area contributed by atoms with Crippen LogP contribution in [-0.4, -0.2) is 18.7 Å². The fraction of sp³-hybridized carbons (Fsp3) is 0.100. The largest absolute Gasteiger partial charge is 0.484 e. The normalized spacial score (nSPS) is 11.6. The fourth-order valence-corrected chi connectivity index (χ4v) is 2.43. The molecule has 0 bridgehead atoms. The van der Waals surface area contributed by atoms with Crippen molar-refractivity contribution in [2.45, 2.75) is 6.18 Å². The van der Waals surface area contributed by atoms with E-state index in [9.17, 15) is 18.0 Å². The molecular formula is C20H14ClF3N2O3. The summed E-state index contributed by atoms with van der Waals surface area (Å²) < 4.78 is 49.1. The number of ether oxygens (including phenoxy) is 1. The quantitative estimate of drug-likeness (QED) is 0.441. The molecule has 0 saturated carbocycles. The molecule has 0 aliphatic heterocycles. The zero-order valence-electron chi connectivity index (χ0n) is 14.7. The molecule has 1 heterocycles. The Bertz CT molecular complexity index is 1010. The van der Waals surface area contributed by atoms with Crippen LogP contribution in [0, 0.1) is 0 Å². The summed E-state index contributed by atoms with van der Waals surface area (Å²) in [6, 6.07) is 14.3. The Morgan fingerprint density at radius 2 is 1.90 bits per heavy atom. The number of hydrazone groups is 1. The first-order chi connectivity index (χ1) is 13.8. The lowest BCUT2D eigenvalue weighted by atomic mass is 10.1. The summed E-state index contributed by atoms with van der Waals surface area (Å²) in [4.78, 5) is 11.7. The van der Waals surface area contributed by atoms with Crippen LogP contribution in [0.4, 0.5) is 13.2 Å². The van der Waals surface area contributed by atoms with Crippen molar-refractivity contribution >= 4 is 23.7 Å². The Hall–Kier alpha value is -3.26. The van der Waals surface area contributed by atoms with Gasteiger partial charge in [0.15, 0.2) is 6.61 Å². The molecule has 0 radical (unpaired) electrons. The van der Waals surface area contributed by atoms with E-state index < -0.39 is 17.6 Å². The number of carbonyl (C=O) groups is 1. The van der Waals surface area contributed by atoms with Crippen molar-refractivity contribution < 1.29 is 27.1 Å². The molecule has 150 valence electrons. The molecule has 0 saturated heterocycles. The van der Waals surface area contributed by atoms with Crippen LogP contribution in [0.2, 0.25) is 5.02 Å². The van der Waals surface area contributed by atoms with E-state index in [4.69, 9.17) is 20.8 Å². The van der Waals surface area contributed by atoms with Gasteiger partial charge in [0, 0.05) is 10.6 Å². The number of halogens is 4. The lowest BCUT2D eigenvalue weighted by Gasteiger charge is -2.07. The van der Waals surface area contributed by atoms with E-state index in [0.29, 0.717) is 10.8 Å². The van der Waals surface area contributed by atoms with Gasteiger partial charge in [0.2, 0.25) is 0 Å². The van der Waals surface area contributed by atoms with Crippen LogP contribution in [0.1, 0.15) is 11.3 Å². The van der Waals surface area contributed by atoms with Crippen molar-refractivity contribution in [1.82, 2.24) is 5.43 Å². The SMILES string of the molecule is O=C(COc1ccc(Cl)cc1)N/N=C/c1ccc(-c2cccc(C(F)(F)F)c2)o1. The van der Waals surface area contributed by atoms with E-state index in [2.05, 4.69) is 10.5 Å². The minimum Gasteiger partial charge on any atom is -0.484 e. The van der Waals surface area contributed by atoms with Crippen LogP contribution in [0.25, 0.3) is 11.3 Å². The molecular weight excluding hydrogens is 409 g/mol. The number of nitrogens with zero attached hydrogens (tertiary/aromatic N) is 1. The number of hydrogen-bond acceptors (Lipinski definition) is 4. The predicted octanol–water partition coefficient (Wildman–Crippen LogP) is 5.15. The number of nitrogens with one attached hydrogen (secondary N) is 1. The Morgan fingerprint density at radius 3 is 2.62 bits per heavy atom. The van der Waals surface area contributed by atoms with E-state index in [1.165, 1.54) is 30.5 Å². The van der Waals surface area contributed by atoms with Gasteiger partial charge in [0.25, 0.3) is 5.91 Å². The second kappa shape index (κ2) is 8.83. The average molecular weight is 423 g/mol. The highest BCUT2D eigenvalue weighted by Gasteiger charge is 2.30. The Balaban J connectivity index is 1.55. The zero-order chi connectivity index (χ0) is 20.9. The number of hydrogen-bond donors (Lipinski definition) is 1. The third-order valence-electron chi connectivity index (χ3n) is 3.67. The number of carbonyl (C=O) groups excluding carboxylic acids is 1. The monoisotopic (exact) mass is 422 g/mol. The maximum atomic E-state index is 12.8. The smallest absolute Gasteiger partial charge is 0.416 e. The van der Waals surface area contributed by atoms with Crippen molar-refractivity contribution in [3.8, 4) is 17.1 Å². The fourth-order valence-electron chi connectivity index (χ4n) is 2.31. The van der Waals surface area contributed by atoms with Crippen LogP contribution in [-0.2, 0) is 11.0 Å². The third-order valence-corrected chi connectivity index (χ3v) is 3.92. The van der Waals surface area contributed by atoms with Crippen LogP contribution in [0.15, 0.2) is 70.2 Å². The number of rotatable bonds is 6. The summed E-state index contributed by atoms with van der Waals surface area (Å²) in [6.07, 6.45) is -3.21. The first-order valence-electron chi connectivity index (χ1n) is 8.29. The molecule has 0 unspecified atom stereocenters. The van der Waals surface area contributed by atoms with Crippen LogP contribution >= 0.6 is 11.6 Å². The number of furan rings is 1. The van der Waals surface area contributed by atoms with Crippen LogP contribution in [0.5, 0.6) is 5.75 Å². The van der Waals surface area contributed by atoms with Crippen molar-refractivity contribution in [2.75, 3.05) is 6.61 Å². The summed E-state index contributed by atoms with van der Waals surface area (Å²) >= 11 is 5.76. The van der Waals surface area contributed by atoms with E-state index >= 15 is 0 Å². The van der Waals surface area contributed by atoms with E-state index in [0.717, 1.165) is 12.1 Å². The van der Waals surface area contributed by atoms with Gasteiger partial charge in [0.1, 0.15) is 17.3 Å². The molecule has 3 aromatic rings. The van der Waals surface area contributed by atoms with Crippen LogP contribution < -0.4 is 10.2 Å². The summed E-state index contributed by atoms with van der Waals surface area (Å²) in [5.74, 6) is 0.484. The van der Waals surface area contributed by atoms with Gasteiger partial charge in [-0.15, -0.1) is 0 Å². The van der Waals surface area contributed by atoms with Crippen LogP contribution in [0.3, 0.4) is 0 Å². The maximum absolute atomic E-state index is 12.8. The molecule has 0 aliphatic carbocycles. The summed E-state index contributed by atoms with van der Waals surface area (Å²) in [7, 11) is 0. The number of alkyl halides is 3. The van der Waals surface area contributed by atoms with Gasteiger partial charge in [-0.05, 0) is 48.5 Å². The maximum Gasteiger partial charge on any atom is 0.416 e. The van der Waals surface area contributed by atoms with Crippen molar-refractivity contribution in [3.63, 3.8) is 0 Å². The molecule has 3 rings (SSSR count). The van der Waals surface area contributed by atoms with Crippen molar-refractivity contribution in [1.29, 1.82) is 0 Å². The van der Waals surface area contributed by atoms with E-state index in [-0.39, 0.29) is 23.7 Å².